The zero-order chi connectivity index (χ0) is 10.7. The first-order valence-electron chi connectivity index (χ1n) is 5.93. The van der Waals surface area contributed by atoms with Crippen molar-refractivity contribution >= 4 is 5.91 Å². The summed E-state index contributed by atoms with van der Waals surface area (Å²) in [6.45, 7) is 6.32. The van der Waals surface area contributed by atoms with Gasteiger partial charge < -0.3 is 10.2 Å². The molecular formula is C12H20N2O. The SMILES string of the molecule is C=CC(=O)N1CCNCC12CCCCC2. The molecule has 1 aliphatic carbocycles. The van der Waals surface area contributed by atoms with E-state index in [4.69, 9.17) is 0 Å². The normalized spacial score (nSPS) is 25.2. The lowest BCUT2D eigenvalue weighted by Crippen LogP contribution is -2.63. The van der Waals surface area contributed by atoms with Crippen LogP contribution in [0.3, 0.4) is 0 Å². The van der Waals surface area contributed by atoms with Crippen LogP contribution in [0.2, 0.25) is 0 Å². The Balaban J connectivity index is 2.16. The Morgan fingerprint density at radius 2 is 2.07 bits per heavy atom. The molecule has 0 radical (unpaired) electrons. The van der Waals surface area contributed by atoms with Gasteiger partial charge in [-0.2, -0.15) is 0 Å². The molecule has 1 saturated heterocycles. The van der Waals surface area contributed by atoms with Gasteiger partial charge in [-0.1, -0.05) is 25.8 Å². The van der Waals surface area contributed by atoms with Crippen molar-refractivity contribution in [3.8, 4) is 0 Å². The molecule has 0 unspecified atom stereocenters. The second kappa shape index (κ2) is 4.35. The van der Waals surface area contributed by atoms with Crippen LogP contribution in [0.15, 0.2) is 12.7 Å². The smallest absolute Gasteiger partial charge is 0.246 e. The molecule has 1 aliphatic heterocycles. The van der Waals surface area contributed by atoms with Crippen molar-refractivity contribution in [2.45, 2.75) is 37.6 Å². The van der Waals surface area contributed by atoms with Crippen LogP contribution in [-0.2, 0) is 4.79 Å². The summed E-state index contributed by atoms with van der Waals surface area (Å²) in [6.07, 6.45) is 7.59. The molecule has 84 valence electrons. The standard InChI is InChI=1S/C12H20N2O/c1-2-11(15)14-9-8-13-10-12(14)6-4-3-5-7-12/h2,13H,1,3-10H2. The number of nitrogens with one attached hydrogen (secondary N) is 1. The Labute approximate surface area is 91.5 Å². The highest BCUT2D eigenvalue weighted by Gasteiger charge is 2.41. The van der Waals surface area contributed by atoms with E-state index >= 15 is 0 Å². The molecule has 1 heterocycles. The lowest BCUT2D eigenvalue weighted by Gasteiger charge is -2.49. The lowest BCUT2D eigenvalue weighted by molar-refractivity contribution is -0.135. The fraction of sp³-hybridized carbons (Fsp3) is 0.750. The average molecular weight is 208 g/mol. The van der Waals surface area contributed by atoms with Gasteiger partial charge in [-0.05, 0) is 18.9 Å². The summed E-state index contributed by atoms with van der Waals surface area (Å²) in [7, 11) is 0. The summed E-state index contributed by atoms with van der Waals surface area (Å²) in [5.41, 5.74) is 0.0990. The van der Waals surface area contributed by atoms with Crippen LogP contribution < -0.4 is 5.32 Å². The third-order valence-corrected chi connectivity index (χ3v) is 3.76. The van der Waals surface area contributed by atoms with Crippen molar-refractivity contribution in [2.75, 3.05) is 19.6 Å². The minimum Gasteiger partial charge on any atom is -0.331 e. The van der Waals surface area contributed by atoms with Crippen LogP contribution in [0.5, 0.6) is 0 Å². The van der Waals surface area contributed by atoms with E-state index in [2.05, 4.69) is 16.8 Å². The molecule has 0 bridgehead atoms. The van der Waals surface area contributed by atoms with E-state index < -0.39 is 0 Å². The number of piperazine rings is 1. The molecule has 0 atom stereocenters. The molecule has 0 aromatic rings. The summed E-state index contributed by atoms with van der Waals surface area (Å²) in [5.74, 6) is 0.110. The third kappa shape index (κ3) is 1.93. The molecule has 0 aromatic heterocycles. The fourth-order valence-corrected chi connectivity index (χ4v) is 2.96. The number of carbonyl (C=O) groups excluding carboxylic acids is 1. The predicted molar refractivity (Wildman–Crippen MR) is 60.6 cm³/mol. The molecule has 2 aliphatic rings. The maximum absolute atomic E-state index is 11.8. The number of nitrogens with zero attached hydrogens (tertiary/aromatic N) is 1. The molecule has 1 N–H and O–H groups in total. The average Bonchev–Trinajstić information content (AvgIpc) is 2.30. The number of carbonyl (C=O) groups is 1. The second-order valence-corrected chi connectivity index (χ2v) is 4.66. The van der Waals surface area contributed by atoms with Crippen molar-refractivity contribution in [3.05, 3.63) is 12.7 Å². The van der Waals surface area contributed by atoms with Crippen molar-refractivity contribution in [2.24, 2.45) is 0 Å². The number of amides is 1. The van der Waals surface area contributed by atoms with Gasteiger partial charge in [0.2, 0.25) is 5.91 Å². The Kier molecular flexibility index (Phi) is 3.10. The van der Waals surface area contributed by atoms with Gasteiger partial charge in [0.15, 0.2) is 0 Å². The Hall–Kier alpha value is -0.830. The van der Waals surface area contributed by atoms with E-state index in [-0.39, 0.29) is 11.4 Å². The minimum atomic E-state index is 0.0990. The van der Waals surface area contributed by atoms with Crippen LogP contribution in [0.4, 0.5) is 0 Å². The first-order valence-corrected chi connectivity index (χ1v) is 5.93. The van der Waals surface area contributed by atoms with E-state index in [0.29, 0.717) is 0 Å². The van der Waals surface area contributed by atoms with Gasteiger partial charge in [-0.15, -0.1) is 0 Å². The molecule has 1 saturated carbocycles. The van der Waals surface area contributed by atoms with Gasteiger partial charge in [0.05, 0.1) is 5.54 Å². The molecule has 15 heavy (non-hydrogen) atoms. The van der Waals surface area contributed by atoms with Crippen LogP contribution in [-0.4, -0.2) is 36.0 Å². The largest absolute Gasteiger partial charge is 0.331 e. The van der Waals surface area contributed by atoms with Crippen LogP contribution >= 0.6 is 0 Å². The Morgan fingerprint density at radius 1 is 1.33 bits per heavy atom. The van der Waals surface area contributed by atoms with Gasteiger partial charge in [0.1, 0.15) is 0 Å². The van der Waals surface area contributed by atoms with E-state index in [1.807, 2.05) is 0 Å². The highest BCUT2D eigenvalue weighted by Crippen LogP contribution is 2.34. The fourth-order valence-electron chi connectivity index (χ4n) is 2.96. The second-order valence-electron chi connectivity index (χ2n) is 4.66. The first kappa shape index (κ1) is 10.7. The number of rotatable bonds is 1. The summed E-state index contributed by atoms with van der Waals surface area (Å²) in [5, 5.41) is 3.43. The number of hydrogen-bond acceptors (Lipinski definition) is 2. The van der Waals surface area contributed by atoms with Gasteiger partial charge in [-0.25, -0.2) is 0 Å². The van der Waals surface area contributed by atoms with E-state index in [1.54, 1.807) is 0 Å². The zero-order valence-electron chi connectivity index (χ0n) is 9.30. The van der Waals surface area contributed by atoms with Crippen LogP contribution in [0.25, 0.3) is 0 Å². The third-order valence-electron chi connectivity index (χ3n) is 3.76. The summed E-state index contributed by atoms with van der Waals surface area (Å²) in [6, 6.07) is 0. The summed E-state index contributed by atoms with van der Waals surface area (Å²) >= 11 is 0. The Morgan fingerprint density at radius 3 is 2.73 bits per heavy atom. The van der Waals surface area contributed by atoms with E-state index in [1.165, 1.54) is 25.3 Å². The summed E-state index contributed by atoms with van der Waals surface area (Å²) in [4.78, 5) is 13.9. The maximum atomic E-state index is 11.8. The van der Waals surface area contributed by atoms with Crippen LogP contribution in [0, 0.1) is 0 Å². The molecule has 3 nitrogen and oxygen atoms in total. The molecular weight excluding hydrogens is 188 g/mol. The highest BCUT2D eigenvalue weighted by atomic mass is 16.2. The monoisotopic (exact) mass is 208 g/mol. The molecule has 1 amide bonds. The predicted octanol–water partition coefficient (Wildman–Crippen LogP) is 1.31. The summed E-state index contributed by atoms with van der Waals surface area (Å²) < 4.78 is 0. The van der Waals surface area contributed by atoms with Crippen molar-refractivity contribution < 1.29 is 4.79 Å². The van der Waals surface area contributed by atoms with E-state index in [0.717, 1.165) is 32.5 Å². The molecule has 3 heteroatoms. The maximum Gasteiger partial charge on any atom is 0.246 e. The van der Waals surface area contributed by atoms with Gasteiger partial charge in [-0.3, -0.25) is 4.79 Å². The minimum absolute atomic E-state index is 0.0990. The quantitative estimate of drug-likeness (QED) is 0.659. The van der Waals surface area contributed by atoms with E-state index in [9.17, 15) is 4.79 Å². The van der Waals surface area contributed by atoms with Crippen molar-refractivity contribution in [1.29, 1.82) is 0 Å². The van der Waals surface area contributed by atoms with Crippen molar-refractivity contribution in [3.63, 3.8) is 0 Å². The zero-order valence-corrected chi connectivity index (χ0v) is 9.30. The molecule has 0 aromatic carbocycles. The molecule has 2 fully saturated rings. The molecule has 2 rings (SSSR count). The first-order chi connectivity index (χ1) is 7.28. The van der Waals surface area contributed by atoms with Gasteiger partial charge >= 0.3 is 0 Å². The van der Waals surface area contributed by atoms with Gasteiger partial charge in [0.25, 0.3) is 0 Å². The topological polar surface area (TPSA) is 32.3 Å². The van der Waals surface area contributed by atoms with Gasteiger partial charge in [0, 0.05) is 19.6 Å². The number of hydrogen-bond donors (Lipinski definition) is 1. The lowest BCUT2D eigenvalue weighted by atomic mass is 9.79. The Bertz CT molecular complexity index is 248. The van der Waals surface area contributed by atoms with Crippen molar-refractivity contribution in [1.82, 2.24) is 10.2 Å². The highest BCUT2D eigenvalue weighted by molar-refractivity contribution is 5.87. The van der Waals surface area contributed by atoms with Crippen LogP contribution in [0.1, 0.15) is 32.1 Å². The molecule has 1 spiro atoms.